The molecule has 3 amide bonds. The summed E-state index contributed by atoms with van der Waals surface area (Å²) in [6.45, 7) is 11.3. The lowest BCUT2D eigenvalue weighted by molar-refractivity contribution is 0.0648. The van der Waals surface area contributed by atoms with Crippen LogP contribution in [0.1, 0.15) is 63.8 Å². The summed E-state index contributed by atoms with van der Waals surface area (Å²) < 4.78 is 0. The number of carbonyl (C=O) groups is 2. The number of carbonyl (C=O) groups excluding carboxylic acids is 2. The summed E-state index contributed by atoms with van der Waals surface area (Å²) in [4.78, 5) is 33.9. The average Bonchev–Trinajstić information content (AvgIpc) is 3.01. The van der Waals surface area contributed by atoms with Crippen LogP contribution in [-0.4, -0.2) is 51.5 Å². The topological polar surface area (TPSA) is 90.1 Å². The van der Waals surface area contributed by atoms with Crippen LogP contribution in [0.2, 0.25) is 0 Å². The minimum absolute atomic E-state index is 0.00548. The van der Waals surface area contributed by atoms with Crippen molar-refractivity contribution in [1.29, 1.82) is 0 Å². The highest BCUT2D eigenvalue weighted by Gasteiger charge is 2.29. The quantitative estimate of drug-likeness (QED) is 0.779. The Labute approximate surface area is 150 Å². The number of nitrogens with one attached hydrogen (secondary N) is 3. The molecule has 0 bridgehead atoms. The lowest BCUT2D eigenvalue weighted by atomic mass is 9.91. The molecular formula is C18H31N5O2. The number of hydrogen-bond donors (Lipinski definition) is 3. The van der Waals surface area contributed by atoms with Crippen LogP contribution in [0.3, 0.4) is 0 Å². The van der Waals surface area contributed by atoms with E-state index in [1.165, 1.54) is 0 Å². The Morgan fingerprint density at radius 3 is 2.76 bits per heavy atom. The van der Waals surface area contributed by atoms with E-state index in [4.69, 9.17) is 0 Å². The molecule has 25 heavy (non-hydrogen) atoms. The van der Waals surface area contributed by atoms with Crippen molar-refractivity contribution in [3.8, 4) is 0 Å². The van der Waals surface area contributed by atoms with E-state index in [1.807, 2.05) is 39.5 Å². The van der Waals surface area contributed by atoms with Gasteiger partial charge < -0.3 is 20.5 Å². The molecule has 7 heteroatoms. The minimum Gasteiger partial charge on any atom is -0.338 e. The standard InChI is InChI=1S/C18H31N5O2/c1-6-15-19-10-14(21-15)16(24)23-9-7-8-13(11-23)12(2)20-17(25)22-18(3,4)5/h10,12-13H,6-9,11H2,1-5H3,(H,19,21)(H2,20,22,25)/t12-,13-/m1/s1. The second-order valence-corrected chi connectivity index (χ2v) is 7.89. The van der Waals surface area contributed by atoms with Crippen LogP contribution in [0.4, 0.5) is 4.79 Å². The van der Waals surface area contributed by atoms with Crippen molar-refractivity contribution in [1.82, 2.24) is 25.5 Å². The molecule has 1 saturated heterocycles. The third-order valence-electron chi connectivity index (χ3n) is 4.49. The maximum absolute atomic E-state index is 12.7. The van der Waals surface area contributed by atoms with E-state index in [2.05, 4.69) is 20.6 Å². The number of imidazole rings is 1. The number of aromatic nitrogens is 2. The average molecular weight is 349 g/mol. The molecule has 2 atom stereocenters. The summed E-state index contributed by atoms with van der Waals surface area (Å²) in [5, 5.41) is 5.92. The summed E-state index contributed by atoms with van der Waals surface area (Å²) >= 11 is 0. The summed E-state index contributed by atoms with van der Waals surface area (Å²) in [5.74, 6) is 1.06. The molecule has 0 saturated carbocycles. The predicted molar refractivity (Wildman–Crippen MR) is 97.5 cm³/mol. The summed E-state index contributed by atoms with van der Waals surface area (Å²) in [6.07, 6.45) is 4.34. The molecule has 1 aromatic rings. The highest BCUT2D eigenvalue weighted by Crippen LogP contribution is 2.21. The van der Waals surface area contributed by atoms with Gasteiger partial charge in [0.15, 0.2) is 0 Å². The minimum atomic E-state index is -0.268. The molecule has 0 unspecified atom stereocenters. The van der Waals surface area contributed by atoms with Gasteiger partial charge in [-0.3, -0.25) is 4.79 Å². The van der Waals surface area contributed by atoms with E-state index < -0.39 is 0 Å². The van der Waals surface area contributed by atoms with E-state index in [1.54, 1.807) is 6.20 Å². The maximum Gasteiger partial charge on any atom is 0.315 e. The third-order valence-corrected chi connectivity index (χ3v) is 4.49. The molecule has 1 fully saturated rings. The van der Waals surface area contributed by atoms with Gasteiger partial charge in [-0.25, -0.2) is 9.78 Å². The Morgan fingerprint density at radius 2 is 2.16 bits per heavy atom. The number of rotatable bonds is 4. The second-order valence-electron chi connectivity index (χ2n) is 7.89. The van der Waals surface area contributed by atoms with Crippen molar-refractivity contribution in [2.75, 3.05) is 13.1 Å². The van der Waals surface area contributed by atoms with Crippen LogP contribution in [-0.2, 0) is 6.42 Å². The van der Waals surface area contributed by atoms with E-state index in [-0.39, 0.29) is 29.4 Å². The molecule has 0 aromatic carbocycles. The van der Waals surface area contributed by atoms with Crippen LogP contribution >= 0.6 is 0 Å². The van der Waals surface area contributed by atoms with Crippen LogP contribution < -0.4 is 10.6 Å². The van der Waals surface area contributed by atoms with Gasteiger partial charge in [0.05, 0.1) is 6.20 Å². The zero-order valence-electron chi connectivity index (χ0n) is 16.0. The number of nitrogens with zero attached hydrogens (tertiary/aromatic N) is 2. The normalized spacial score (nSPS) is 19.4. The van der Waals surface area contributed by atoms with Gasteiger partial charge in [-0.15, -0.1) is 0 Å². The molecule has 0 aliphatic carbocycles. The molecule has 1 aliphatic rings. The molecule has 2 heterocycles. The van der Waals surface area contributed by atoms with Crippen LogP contribution in [0.25, 0.3) is 0 Å². The fourth-order valence-corrected chi connectivity index (χ4v) is 3.13. The SMILES string of the molecule is CCc1ncc(C(=O)N2CCC[C@@H]([C@@H](C)NC(=O)NC(C)(C)C)C2)[nH]1. The van der Waals surface area contributed by atoms with Gasteiger partial charge in [0.1, 0.15) is 11.5 Å². The van der Waals surface area contributed by atoms with E-state index in [0.717, 1.165) is 31.6 Å². The molecule has 0 radical (unpaired) electrons. The fraction of sp³-hybridized carbons (Fsp3) is 0.722. The smallest absolute Gasteiger partial charge is 0.315 e. The molecular weight excluding hydrogens is 318 g/mol. The molecule has 3 N–H and O–H groups in total. The van der Waals surface area contributed by atoms with E-state index in [9.17, 15) is 9.59 Å². The highest BCUT2D eigenvalue weighted by atomic mass is 16.2. The highest BCUT2D eigenvalue weighted by molar-refractivity contribution is 5.92. The second kappa shape index (κ2) is 7.89. The Morgan fingerprint density at radius 1 is 1.44 bits per heavy atom. The zero-order chi connectivity index (χ0) is 18.6. The van der Waals surface area contributed by atoms with Crippen molar-refractivity contribution in [3.63, 3.8) is 0 Å². The third kappa shape index (κ3) is 5.47. The van der Waals surface area contributed by atoms with Crippen LogP contribution in [0.5, 0.6) is 0 Å². The largest absolute Gasteiger partial charge is 0.338 e. The van der Waals surface area contributed by atoms with Crippen molar-refractivity contribution in [2.24, 2.45) is 5.92 Å². The Balaban J connectivity index is 1.93. The molecule has 7 nitrogen and oxygen atoms in total. The summed E-state index contributed by atoms with van der Waals surface area (Å²) in [7, 11) is 0. The van der Waals surface area contributed by atoms with E-state index in [0.29, 0.717) is 12.2 Å². The zero-order valence-corrected chi connectivity index (χ0v) is 16.0. The van der Waals surface area contributed by atoms with Crippen molar-refractivity contribution in [2.45, 2.75) is 65.5 Å². The molecule has 1 aliphatic heterocycles. The monoisotopic (exact) mass is 349 g/mol. The Kier molecular flexibility index (Phi) is 6.08. The van der Waals surface area contributed by atoms with Gasteiger partial charge in [-0.2, -0.15) is 0 Å². The number of aromatic amines is 1. The lowest BCUT2D eigenvalue weighted by Crippen LogP contribution is -2.53. The number of likely N-dealkylation sites (tertiary alicyclic amines) is 1. The number of piperidine rings is 1. The van der Waals surface area contributed by atoms with Crippen molar-refractivity contribution < 1.29 is 9.59 Å². The first kappa shape index (κ1) is 19.3. The number of urea groups is 1. The first-order valence-electron chi connectivity index (χ1n) is 9.11. The molecule has 1 aromatic heterocycles. The van der Waals surface area contributed by atoms with Crippen LogP contribution in [0, 0.1) is 5.92 Å². The molecule has 0 spiro atoms. The lowest BCUT2D eigenvalue weighted by Gasteiger charge is -2.36. The number of hydrogen-bond acceptors (Lipinski definition) is 3. The maximum atomic E-state index is 12.7. The van der Waals surface area contributed by atoms with E-state index >= 15 is 0 Å². The van der Waals surface area contributed by atoms with Crippen molar-refractivity contribution in [3.05, 3.63) is 17.7 Å². The Bertz CT molecular complexity index is 605. The number of H-pyrrole nitrogens is 1. The first-order chi connectivity index (χ1) is 11.7. The van der Waals surface area contributed by atoms with Crippen molar-refractivity contribution >= 4 is 11.9 Å². The van der Waals surface area contributed by atoms with Gasteiger partial charge in [0.2, 0.25) is 0 Å². The van der Waals surface area contributed by atoms with Gasteiger partial charge >= 0.3 is 6.03 Å². The predicted octanol–water partition coefficient (Wildman–Crippen LogP) is 2.31. The summed E-state index contributed by atoms with van der Waals surface area (Å²) in [6, 6.07) is -0.157. The number of aryl methyl sites for hydroxylation is 1. The van der Waals surface area contributed by atoms with Gasteiger partial charge in [0.25, 0.3) is 5.91 Å². The number of amides is 3. The van der Waals surface area contributed by atoms with Gasteiger partial charge in [-0.1, -0.05) is 6.92 Å². The Hall–Kier alpha value is -2.05. The molecule has 140 valence electrons. The molecule has 2 rings (SSSR count). The van der Waals surface area contributed by atoms with Crippen LogP contribution in [0.15, 0.2) is 6.20 Å². The fourth-order valence-electron chi connectivity index (χ4n) is 3.13. The summed E-state index contributed by atoms with van der Waals surface area (Å²) in [5.41, 5.74) is 0.277. The first-order valence-corrected chi connectivity index (χ1v) is 9.11. The van der Waals surface area contributed by atoms with Gasteiger partial charge in [-0.05, 0) is 46.5 Å². The van der Waals surface area contributed by atoms with Gasteiger partial charge in [0, 0.05) is 31.1 Å².